The second-order valence-electron chi connectivity index (χ2n) is 8.75. The van der Waals surface area contributed by atoms with E-state index in [9.17, 15) is 14.0 Å². The number of fused-ring (bicyclic) bond motifs is 3. The van der Waals surface area contributed by atoms with Gasteiger partial charge in [0, 0.05) is 39.0 Å². The first-order valence-electron chi connectivity index (χ1n) is 11.6. The van der Waals surface area contributed by atoms with E-state index in [0.717, 1.165) is 33.1 Å². The van der Waals surface area contributed by atoms with E-state index in [2.05, 4.69) is 0 Å². The zero-order valence-electron chi connectivity index (χ0n) is 19.5. The van der Waals surface area contributed by atoms with Gasteiger partial charge in [-0.2, -0.15) is 11.8 Å². The highest BCUT2D eigenvalue weighted by Crippen LogP contribution is 2.36. The fourth-order valence-corrected chi connectivity index (χ4v) is 5.26. The van der Waals surface area contributed by atoms with Crippen LogP contribution in [0, 0.1) is 11.7 Å². The Balaban J connectivity index is 1.40. The highest BCUT2D eigenvalue weighted by molar-refractivity contribution is 7.98. The van der Waals surface area contributed by atoms with Crippen LogP contribution in [0.25, 0.3) is 33.1 Å². The van der Waals surface area contributed by atoms with E-state index < -0.39 is 17.7 Å². The topological polar surface area (TPSA) is 67.5 Å². The lowest BCUT2D eigenvalue weighted by atomic mass is 9.96. The van der Waals surface area contributed by atoms with Gasteiger partial charge in [0.2, 0.25) is 0 Å². The minimum absolute atomic E-state index is 0.263. The molecule has 36 heavy (non-hydrogen) atoms. The second kappa shape index (κ2) is 9.99. The van der Waals surface area contributed by atoms with Crippen molar-refractivity contribution in [2.75, 3.05) is 5.75 Å². The number of carbonyl (C=O) groups is 2. The highest BCUT2D eigenvalue weighted by Gasteiger charge is 2.16. The molecule has 0 saturated carbocycles. The summed E-state index contributed by atoms with van der Waals surface area (Å²) in [6.45, 7) is 1.62. The summed E-state index contributed by atoms with van der Waals surface area (Å²) in [5.74, 6) is -1.39. The van der Waals surface area contributed by atoms with Crippen molar-refractivity contribution >= 4 is 45.5 Å². The zero-order chi connectivity index (χ0) is 25.2. The molecule has 0 fully saturated rings. The number of carboxylic acids is 1. The number of rotatable bonds is 8. The molecule has 0 radical (unpaired) electrons. The number of furan rings is 1. The predicted molar refractivity (Wildman–Crippen MR) is 142 cm³/mol. The van der Waals surface area contributed by atoms with Gasteiger partial charge in [0.25, 0.3) is 0 Å². The van der Waals surface area contributed by atoms with Gasteiger partial charge in [-0.05, 0) is 29.3 Å². The Kier molecular flexibility index (Phi) is 6.61. The number of aliphatic carboxylic acids is 1. The van der Waals surface area contributed by atoms with E-state index in [1.54, 1.807) is 31.2 Å². The van der Waals surface area contributed by atoms with Gasteiger partial charge in [-0.25, -0.2) is 4.39 Å². The molecule has 0 saturated heterocycles. The zero-order valence-corrected chi connectivity index (χ0v) is 20.3. The number of hydrogen-bond donors (Lipinski definition) is 1. The van der Waals surface area contributed by atoms with Crippen molar-refractivity contribution in [3.8, 4) is 11.1 Å². The first kappa shape index (κ1) is 23.8. The Hall–Kier alpha value is -3.90. The van der Waals surface area contributed by atoms with Crippen LogP contribution in [0.5, 0.6) is 0 Å². The summed E-state index contributed by atoms with van der Waals surface area (Å²) in [5, 5.41) is 11.0. The third-order valence-corrected chi connectivity index (χ3v) is 7.45. The molecule has 0 aliphatic heterocycles. The van der Waals surface area contributed by atoms with E-state index in [1.807, 2.05) is 54.6 Å². The number of para-hydroxylation sites is 2. The van der Waals surface area contributed by atoms with Crippen LogP contribution < -0.4 is 0 Å². The summed E-state index contributed by atoms with van der Waals surface area (Å²) < 4.78 is 20.9. The molecule has 0 aliphatic rings. The van der Waals surface area contributed by atoms with Gasteiger partial charge in [0.1, 0.15) is 17.0 Å². The van der Waals surface area contributed by atoms with Crippen LogP contribution in [-0.2, 0) is 10.5 Å². The molecule has 5 aromatic rings. The molecule has 0 spiro atoms. The molecule has 6 heteroatoms. The fourth-order valence-electron chi connectivity index (χ4n) is 4.19. The van der Waals surface area contributed by atoms with Crippen molar-refractivity contribution in [2.45, 2.75) is 12.7 Å². The Morgan fingerprint density at radius 1 is 0.917 bits per heavy atom. The van der Waals surface area contributed by atoms with Crippen LogP contribution in [0.15, 0.2) is 89.3 Å². The smallest absolute Gasteiger partial charge is 0.307 e. The summed E-state index contributed by atoms with van der Waals surface area (Å²) in [4.78, 5) is 24.2. The van der Waals surface area contributed by atoms with Gasteiger partial charge in [0.05, 0.1) is 5.92 Å². The normalized spacial score (nSPS) is 12.2. The number of carboxylic acid groups (broad SMARTS) is 1. The number of hydrogen-bond acceptors (Lipinski definition) is 4. The Morgan fingerprint density at radius 2 is 1.67 bits per heavy atom. The Labute approximate surface area is 211 Å². The third kappa shape index (κ3) is 4.64. The molecule has 0 amide bonds. The lowest BCUT2D eigenvalue weighted by Crippen LogP contribution is -2.12. The standard InChI is InChI=1S/C30H23FO4S/c1-18(30(33)34)16-36-17-22-13-12-21(15-26(22)31)28(32)20-7-4-6-19(14-20)23-9-5-10-25-24-8-2-3-11-27(24)35-29(23)25/h2-15,18H,16-17H2,1H3,(H,33,34). The summed E-state index contributed by atoms with van der Waals surface area (Å²) >= 11 is 1.35. The van der Waals surface area contributed by atoms with E-state index in [-0.39, 0.29) is 11.3 Å². The molecule has 1 N–H and O–H groups in total. The van der Waals surface area contributed by atoms with E-state index in [4.69, 9.17) is 9.52 Å². The van der Waals surface area contributed by atoms with Crippen molar-refractivity contribution in [1.82, 2.24) is 0 Å². The average Bonchev–Trinajstić information content (AvgIpc) is 3.28. The first-order chi connectivity index (χ1) is 17.4. The van der Waals surface area contributed by atoms with Crippen LogP contribution in [0.1, 0.15) is 28.4 Å². The van der Waals surface area contributed by atoms with Crippen LogP contribution in [0.2, 0.25) is 0 Å². The molecular weight excluding hydrogens is 475 g/mol. The lowest BCUT2D eigenvalue weighted by Gasteiger charge is -2.09. The van der Waals surface area contributed by atoms with E-state index >= 15 is 0 Å². The van der Waals surface area contributed by atoms with Crippen molar-refractivity contribution < 1.29 is 23.5 Å². The summed E-state index contributed by atoms with van der Waals surface area (Å²) in [6.07, 6.45) is 0. The van der Waals surface area contributed by atoms with Crippen LogP contribution >= 0.6 is 11.8 Å². The molecule has 1 atom stereocenters. The second-order valence-corrected chi connectivity index (χ2v) is 9.78. The molecule has 1 aromatic heterocycles. The van der Waals surface area contributed by atoms with Crippen LogP contribution in [-0.4, -0.2) is 22.6 Å². The number of thioether (sulfide) groups is 1. The maximum Gasteiger partial charge on any atom is 0.307 e. The van der Waals surface area contributed by atoms with Gasteiger partial charge >= 0.3 is 5.97 Å². The maximum atomic E-state index is 14.7. The monoisotopic (exact) mass is 498 g/mol. The number of benzene rings is 4. The minimum atomic E-state index is -0.872. The largest absolute Gasteiger partial charge is 0.481 e. The molecular formula is C30H23FO4S. The summed E-state index contributed by atoms with van der Waals surface area (Å²) in [7, 11) is 0. The Bertz CT molecular complexity index is 1600. The van der Waals surface area contributed by atoms with Crippen LogP contribution in [0.4, 0.5) is 4.39 Å². The van der Waals surface area contributed by atoms with Gasteiger partial charge in [0.15, 0.2) is 5.78 Å². The molecule has 0 aliphatic carbocycles. The van der Waals surface area contributed by atoms with Gasteiger partial charge in [-0.1, -0.05) is 73.7 Å². The summed E-state index contributed by atoms with van der Waals surface area (Å²) in [5.41, 5.74) is 4.45. The number of halogens is 1. The predicted octanol–water partition coefficient (Wildman–Crippen LogP) is 7.58. The highest BCUT2D eigenvalue weighted by atomic mass is 32.2. The first-order valence-corrected chi connectivity index (χ1v) is 12.7. The van der Waals surface area contributed by atoms with E-state index in [1.165, 1.54) is 17.8 Å². The molecule has 4 aromatic carbocycles. The van der Waals surface area contributed by atoms with Crippen LogP contribution in [0.3, 0.4) is 0 Å². The Morgan fingerprint density at radius 3 is 2.47 bits per heavy atom. The molecule has 180 valence electrons. The van der Waals surface area contributed by atoms with E-state index in [0.29, 0.717) is 22.6 Å². The van der Waals surface area contributed by atoms with Crippen molar-refractivity contribution in [2.24, 2.45) is 5.92 Å². The average molecular weight is 499 g/mol. The number of carbonyl (C=O) groups excluding carboxylic acids is 1. The molecule has 4 nitrogen and oxygen atoms in total. The molecule has 1 unspecified atom stereocenters. The molecule has 1 heterocycles. The third-order valence-electron chi connectivity index (χ3n) is 6.20. The lowest BCUT2D eigenvalue weighted by molar-refractivity contribution is -0.140. The minimum Gasteiger partial charge on any atom is -0.481 e. The maximum absolute atomic E-state index is 14.7. The van der Waals surface area contributed by atoms with Crippen molar-refractivity contribution in [1.29, 1.82) is 0 Å². The molecule has 5 rings (SSSR count). The van der Waals surface area contributed by atoms with Crippen molar-refractivity contribution in [3.63, 3.8) is 0 Å². The number of ketones is 1. The van der Waals surface area contributed by atoms with Gasteiger partial charge in [-0.3, -0.25) is 9.59 Å². The summed E-state index contributed by atoms with van der Waals surface area (Å²) in [6, 6.07) is 25.6. The fraction of sp³-hybridized carbons (Fsp3) is 0.133. The van der Waals surface area contributed by atoms with Gasteiger partial charge < -0.3 is 9.52 Å². The SMILES string of the molecule is CC(CSCc1ccc(C(=O)c2cccc(-c3cccc4c3oc3ccccc34)c2)cc1F)C(=O)O. The van der Waals surface area contributed by atoms with Gasteiger partial charge in [-0.15, -0.1) is 0 Å². The quantitative estimate of drug-likeness (QED) is 0.223. The van der Waals surface area contributed by atoms with Crippen molar-refractivity contribution in [3.05, 3.63) is 107 Å². The molecule has 0 bridgehead atoms.